The third-order valence-electron chi connectivity index (χ3n) is 1.94. The monoisotopic (exact) mass is 420 g/mol. The van der Waals surface area contributed by atoms with Crippen LogP contribution in [0.25, 0.3) is 0 Å². The van der Waals surface area contributed by atoms with Gasteiger partial charge in [0.15, 0.2) is 0 Å². The predicted octanol–water partition coefficient (Wildman–Crippen LogP) is 2.79. The molecule has 0 fully saturated rings. The van der Waals surface area contributed by atoms with Gasteiger partial charge in [0.1, 0.15) is 0 Å². The fourth-order valence-corrected chi connectivity index (χ4v) is 1.49. The van der Waals surface area contributed by atoms with Gasteiger partial charge in [0.05, 0.1) is 7.11 Å². The van der Waals surface area contributed by atoms with Crippen molar-refractivity contribution in [2.75, 3.05) is 7.11 Å². The SMILES string of the molecule is COC(=O)[CH-]c1cc(C)c(Br)c(C)c1.[Ho]. The molecule has 1 rings (SSSR count). The fourth-order valence-electron chi connectivity index (χ4n) is 1.26. The molecule has 15 heavy (non-hydrogen) atoms. The van der Waals surface area contributed by atoms with E-state index in [1.807, 2.05) is 26.0 Å². The molecule has 1 aromatic rings. The molecule has 2 nitrogen and oxygen atoms in total. The number of hydrogen-bond donors (Lipinski definition) is 0. The number of carbonyl (C=O) groups is 1. The van der Waals surface area contributed by atoms with E-state index in [9.17, 15) is 4.79 Å². The van der Waals surface area contributed by atoms with Gasteiger partial charge in [-0.15, -0.1) is 0 Å². The van der Waals surface area contributed by atoms with Crippen molar-refractivity contribution in [1.82, 2.24) is 0 Å². The normalized spacial score (nSPS) is 9.07. The Morgan fingerprint density at radius 3 is 2.20 bits per heavy atom. The van der Waals surface area contributed by atoms with Gasteiger partial charge in [0, 0.05) is 37.7 Å². The Morgan fingerprint density at radius 1 is 1.33 bits per heavy atom. The molecule has 0 spiro atoms. The van der Waals surface area contributed by atoms with Crippen LogP contribution in [0.15, 0.2) is 16.6 Å². The molecule has 0 aliphatic heterocycles. The second kappa shape index (κ2) is 6.79. The van der Waals surface area contributed by atoms with Gasteiger partial charge in [0.25, 0.3) is 5.97 Å². The van der Waals surface area contributed by atoms with Crippen molar-refractivity contribution in [1.29, 1.82) is 0 Å². The van der Waals surface area contributed by atoms with Crippen molar-refractivity contribution in [2.45, 2.75) is 13.8 Å². The molecule has 1 radical (unpaired) electrons. The van der Waals surface area contributed by atoms with Crippen molar-refractivity contribution in [3.63, 3.8) is 0 Å². The van der Waals surface area contributed by atoms with Crippen LogP contribution in [0, 0.1) is 58.0 Å². The van der Waals surface area contributed by atoms with E-state index in [1.165, 1.54) is 13.5 Å². The molecule has 0 aliphatic carbocycles. The molecule has 0 N–H and O–H groups in total. The van der Waals surface area contributed by atoms with Crippen LogP contribution in [0.5, 0.6) is 0 Å². The summed E-state index contributed by atoms with van der Waals surface area (Å²) in [7, 11) is 1.37. The summed E-state index contributed by atoms with van der Waals surface area (Å²) in [5, 5.41) is 0. The minimum absolute atomic E-state index is 0. The molecule has 87 valence electrons. The van der Waals surface area contributed by atoms with Gasteiger partial charge < -0.3 is 4.74 Å². The maximum absolute atomic E-state index is 11.0. The molecule has 0 aliphatic rings. The predicted molar refractivity (Wildman–Crippen MR) is 59.0 cm³/mol. The molecular formula is C11H12BrHoO2-. The van der Waals surface area contributed by atoms with Gasteiger partial charge in [-0.05, 0) is 4.47 Å². The molecular weight excluding hydrogens is 409 g/mol. The van der Waals surface area contributed by atoms with E-state index < -0.39 is 0 Å². The number of esters is 1. The molecule has 0 saturated heterocycles. The Bertz CT molecular complexity index is 341. The average molecular weight is 421 g/mol. The van der Waals surface area contributed by atoms with Crippen LogP contribution in [-0.4, -0.2) is 13.1 Å². The Hall–Kier alpha value is 0.300. The Kier molecular flexibility index (Phi) is 6.93. The third-order valence-corrected chi connectivity index (χ3v) is 3.20. The number of hydrogen-bond acceptors (Lipinski definition) is 2. The average Bonchev–Trinajstić information content (AvgIpc) is 2.14. The molecule has 0 bridgehead atoms. The number of ether oxygens (including phenoxy) is 1. The summed E-state index contributed by atoms with van der Waals surface area (Å²) in [5.74, 6) is -0.328. The summed E-state index contributed by atoms with van der Waals surface area (Å²) in [5.41, 5.74) is 3.09. The molecule has 1 aromatic carbocycles. The zero-order chi connectivity index (χ0) is 10.7. The van der Waals surface area contributed by atoms with Gasteiger partial charge >= 0.3 is 0 Å². The van der Waals surface area contributed by atoms with Crippen LogP contribution in [0.2, 0.25) is 0 Å². The van der Waals surface area contributed by atoms with Crippen LogP contribution in [0.4, 0.5) is 0 Å². The number of methoxy groups -OCH3 is 1. The second-order valence-electron chi connectivity index (χ2n) is 3.14. The van der Waals surface area contributed by atoms with E-state index in [0.717, 1.165) is 21.2 Å². The summed E-state index contributed by atoms with van der Waals surface area (Å²) in [6.07, 6.45) is 1.48. The van der Waals surface area contributed by atoms with Crippen LogP contribution in [0.1, 0.15) is 16.7 Å². The van der Waals surface area contributed by atoms with Crippen LogP contribution in [0.3, 0.4) is 0 Å². The van der Waals surface area contributed by atoms with Gasteiger partial charge in [-0.25, -0.2) is 0 Å². The van der Waals surface area contributed by atoms with E-state index in [2.05, 4.69) is 20.7 Å². The van der Waals surface area contributed by atoms with E-state index in [1.54, 1.807) is 0 Å². The molecule has 0 unspecified atom stereocenters. The first-order valence-electron chi connectivity index (χ1n) is 4.24. The summed E-state index contributed by atoms with van der Waals surface area (Å²) >= 11 is 3.47. The van der Waals surface area contributed by atoms with Gasteiger partial charge in [-0.2, -0.15) is 17.7 Å². The largest absolute Gasteiger partial charge is 0.475 e. The van der Waals surface area contributed by atoms with Crippen molar-refractivity contribution in [3.8, 4) is 0 Å². The molecule has 0 atom stereocenters. The zero-order valence-electron chi connectivity index (χ0n) is 8.73. The maximum atomic E-state index is 11.0. The minimum atomic E-state index is -0.328. The summed E-state index contributed by atoms with van der Waals surface area (Å²) in [6, 6.07) is 3.88. The van der Waals surface area contributed by atoms with Gasteiger partial charge in [-0.1, -0.05) is 47.3 Å². The third kappa shape index (κ3) is 4.35. The first-order chi connectivity index (χ1) is 6.54. The smallest absolute Gasteiger partial charge is 0.274 e. The standard InChI is InChI=1S/C11H12BrO2.Ho/c1-7-4-9(6-10(13)14-3)5-8(2)11(7)12;/h4-6H,1-3H3;/q-1;. The Labute approximate surface area is 129 Å². The number of carbonyl (C=O) groups excluding carboxylic acids is 1. The quantitative estimate of drug-likeness (QED) is 0.417. The summed E-state index contributed by atoms with van der Waals surface area (Å²) in [6.45, 7) is 3.98. The molecule has 4 heteroatoms. The van der Waals surface area contributed by atoms with Crippen molar-refractivity contribution < 1.29 is 47.3 Å². The number of aryl methyl sites for hydroxylation is 2. The van der Waals surface area contributed by atoms with Crippen LogP contribution < -0.4 is 0 Å². The van der Waals surface area contributed by atoms with Crippen molar-refractivity contribution in [3.05, 3.63) is 39.7 Å². The molecule has 0 aromatic heterocycles. The van der Waals surface area contributed by atoms with E-state index in [0.29, 0.717) is 0 Å². The van der Waals surface area contributed by atoms with Crippen molar-refractivity contribution in [2.24, 2.45) is 0 Å². The summed E-state index contributed by atoms with van der Waals surface area (Å²) in [4.78, 5) is 11.0. The minimum Gasteiger partial charge on any atom is -0.475 e. The Balaban J connectivity index is 0.00000196. The molecule has 0 heterocycles. The molecule has 0 saturated carbocycles. The first kappa shape index (κ1) is 15.3. The van der Waals surface area contributed by atoms with Gasteiger partial charge in [-0.3, -0.25) is 4.79 Å². The van der Waals surface area contributed by atoms with Crippen LogP contribution >= 0.6 is 15.9 Å². The number of benzene rings is 1. The second-order valence-corrected chi connectivity index (χ2v) is 3.93. The zero-order valence-corrected chi connectivity index (χ0v) is 12.2. The van der Waals surface area contributed by atoms with Gasteiger partial charge in [0.2, 0.25) is 0 Å². The number of halogens is 1. The fraction of sp³-hybridized carbons (Fsp3) is 0.273. The number of rotatable bonds is 2. The Morgan fingerprint density at radius 2 is 1.80 bits per heavy atom. The molecule has 0 amide bonds. The first-order valence-corrected chi connectivity index (χ1v) is 5.03. The van der Waals surface area contributed by atoms with E-state index in [-0.39, 0.29) is 43.7 Å². The van der Waals surface area contributed by atoms with E-state index in [4.69, 9.17) is 0 Å². The topological polar surface area (TPSA) is 26.3 Å². The van der Waals surface area contributed by atoms with Crippen molar-refractivity contribution >= 4 is 21.9 Å². The van der Waals surface area contributed by atoms with E-state index >= 15 is 0 Å². The van der Waals surface area contributed by atoms with Crippen LogP contribution in [-0.2, 0) is 9.53 Å². The maximum Gasteiger partial charge on any atom is 0.274 e. The summed E-state index contributed by atoms with van der Waals surface area (Å²) < 4.78 is 5.64.